The number of fused-ring (bicyclic) bond motifs is 3. The Morgan fingerprint density at radius 2 is 1.50 bits per heavy atom. The van der Waals surface area contributed by atoms with Crippen molar-refractivity contribution in [3.63, 3.8) is 0 Å². The lowest BCUT2D eigenvalue weighted by Crippen LogP contribution is -2.50. The second kappa shape index (κ2) is 8.10. The van der Waals surface area contributed by atoms with E-state index in [0.717, 1.165) is 16.0 Å². The summed E-state index contributed by atoms with van der Waals surface area (Å²) < 4.78 is 6.25. The van der Waals surface area contributed by atoms with Crippen molar-refractivity contribution in [2.75, 3.05) is 0 Å². The molecule has 3 atom stereocenters. The van der Waals surface area contributed by atoms with Gasteiger partial charge < -0.3 is 4.74 Å². The molecule has 3 aromatic rings. The van der Waals surface area contributed by atoms with Gasteiger partial charge in [0.05, 0.1) is 24.5 Å². The summed E-state index contributed by atoms with van der Waals surface area (Å²) in [6, 6.07) is 18.5. The average Bonchev–Trinajstić information content (AvgIpc) is 3.41. The molecule has 2 amide bonds. The number of nitrogens with zero attached hydrogens (tertiary/aromatic N) is 1. The third kappa shape index (κ3) is 3.08. The minimum Gasteiger partial charge on any atom is -0.349 e. The zero-order chi connectivity index (χ0) is 25.4. The van der Waals surface area contributed by atoms with Crippen LogP contribution in [-0.4, -0.2) is 33.9 Å². The topological polar surface area (TPSA) is 80.8 Å². The summed E-state index contributed by atoms with van der Waals surface area (Å²) in [7, 11) is 0. The van der Waals surface area contributed by atoms with Crippen molar-refractivity contribution < 1.29 is 23.9 Å². The normalized spacial score (nSPS) is 24.1. The van der Waals surface area contributed by atoms with Gasteiger partial charge in [0.25, 0.3) is 0 Å². The highest BCUT2D eigenvalue weighted by Gasteiger charge is 2.74. The molecular weight excluding hydrogens is 501 g/mol. The quantitative estimate of drug-likeness (QED) is 0.359. The maximum Gasteiger partial charge on any atom is 0.237 e. The molecule has 0 radical (unpaired) electrons. The molecule has 0 unspecified atom stereocenters. The lowest BCUT2D eigenvalue weighted by Gasteiger charge is -2.27. The van der Waals surface area contributed by atoms with Crippen molar-refractivity contribution in [2.24, 2.45) is 11.8 Å². The van der Waals surface area contributed by atoms with E-state index in [0.29, 0.717) is 10.6 Å². The van der Waals surface area contributed by atoms with Crippen molar-refractivity contribution >= 4 is 46.6 Å². The number of hydrogen-bond donors (Lipinski definition) is 0. The highest BCUT2D eigenvalue weighted by molar-refractivity contribution is 6.36. The van der Waals surface area contributed by atoms with E-state index in [1.54, 1.807) is 24.3 Å². The van der Waals surface area contributed by atoms with E-state index in [-0.39, 0.29) is 22.7 Å². The number of amides is 2. The molecule has 6 nitrogen and oxygen atoms in total. The zero-order valence-corrected chi connectivity index (χ0v) is 20.5. The SMILES string of the molecule is Cc1ccc(CN2C(=O)[C@@H]3[C@H](c4ccc(Cl)cc4Cl)OC4(C(=O)c5ccccc5C4=O)[C@H]3C2=O)cc1. The molecule has 2 aliphatic heterocycles. The number of imide groups is 1. The fourth-order valence-electron chi connectivity index (χ4n) is 5.62. The smallest absolute Gasteiger partial charge is 0.237 e. The minimum atomic E-state index is -2.13. The van der Waals surface area contributed by atoms with Crippen molar-refractivity contribution in [2.45, 2.75) is 25.2 Å². The lowest BCUT2D eigenvalue weighted by atomic mass is 9.77. The van der Waals surface area contributed by atoms with Gasteiger partial charge in [0.1, 0.15) is 0 Å². The van der Waals surface area contributed by atoms with Crippen LogP contribution in [0.1, 0.15) is 43.5 Å². The summed E-state index contributed by atoms with van der Waals surface area (Å²) in [6.07, 6.45) is -1.08. The summed E-state index contributed by atoms with van der Waals surface area (Å²) in [5.41, 5.74) is 0.423. The van der Waals surface area contributed by atoms with Crippen LogP contribution in [-0.2, 0) is 20.9 Å². The van der Waals surface area contributed by atoms with E-state index in [1.807, 2.05) is 31.2 Å². The Bertz CT molecular complexity index is 1450. The first-order chi connectivity index (χ1) is 17.2. The Balaban J connectivity index is 1.49. The number of Topliss-reactive ketones (excluding diaryl/α,β-unsaturated/α-hetero) is 2. The van der Waals surface area contributed by atoms with Crippen LogP contribution in [0.2, 0.25) is 10.0 Å². The number of benzene rings is 3. The maximum atomic E-state index is 13.9. The average molecular weight is 520 g/mol. The first-order valence-corrected chi connectivity index (χ1v) is 12.2. The predicted octanol–water partition coefficient (Wildman–Crippen LogP) is 4.99. The van der Waals surface area contributed by atoms with Gasteiger partial charge in [-0.15, -0.1) is 0 Å². The van der Waals surface area contributed by atoms with Crippen molar-refractivity contribution in [1.82, 2.24) is 4.90 Å². The van der Waals surface area contributed by atoms with Crippen LogP contribution in [0, 0.1) is 18.8 Å². The Morgan fingerprint density at radius 1 is 0.861 bits per heavy atom. The number of aryl methyl sites for hydroxylation is 1. The zero-order valence-electron chi connectivity index (χ0n) is 19.0. The molecule has 180 valence electrons. The Morgan fingerprint density at radius 3 is 2.11 bits per heavy atom. The predicted molar refractivity (Wildman–Crippen MR) is 132 cm³/mol. The Hall–Kier alpha value is -3.32. The van der Waals surface area contributed by atoms with Crippen LogP contribution < -0.4 is 0 Å². The number of rotatable bonds is 3. The number of halogens is 2. The molecule has 3 aliphatic rings. The third-order valence-corrected chi connectivity index (χ3v) is 7.90. The standard InChI is InChI=1S/C28H19Cl2NO5/c1-14-6-8-15(9-7-14)13-31-26(34)21-22(27(31)35)28(24(32)17-4-2-3-5-18(17)25(28)33)36-23(21)19-11-10-16(29)12-20(19)30/h2-12,21-23H,13H2,1H3/t21-,22+,23-/m0/s1. The fraction of sp³-hybridized carbons (Fsp3) is 0.214. The highest BCUT2D eigenvalue weighted by atomic mass is 35.5. The lowest BCUT2D eigenvalue weighted by molar-refractivity contribution is -0.145. The van der Waals surface area contributed by atoms with E-state index in [9.17, 15) is 19.2 Å². The van der Waals surface area contributed by atoms with E-state index in [2.05, 4.69) is 0 Å². The maximum absolute atomic E-state index is 13.9. The van der Waals surface area contributed by atoms with Crippen LogP contribution >= 0.6 is 23.2 Å². The van der Waals surface area contributed by atoms with Crippen LogP contribution in [0.25, 0.3) is 0 Å². The molecule has 0 N–H and O–H groups in total. The molecule has 2 fully saturated rings. The summed E-state index contributed by atoms with van der Waals surface area (Å²) in [6.45, 7) is 1.97. The first-order valence-electron chi connectivity index (χ1n) is 11.5. The number of carbonyl (C=O) groups is 4. The largest absolute Gasteiger partial charge is 0.349 e. The summed E-state index contributed by atoms with van der Waals surface area (Å²) in [5, 5.41) is 0.596. The summed E-state index contributed by atoms with van der Waals surface area (Å²) >= 11 is 12.6. The van der Waals surface area contributed by atoms with Gasteiger partial charge in [-0.2, -0.15) is 0 Å². The molecule has 3 aromatic carbocycles. The van der Waals surface area contributed by atoms with Crippen LogP contribution in [0.3, 0.4) is 0 Å². The second-order valence-electron chi connectivity index (χ2n) is 9.40. The molecule has 6 rings (SSSR count). The fourth-order valence-corrected chi connectivity index (χ4v) is 6.14. The van der Waals surface area contributed by atoms with Crippen molar-refractivity contribution in [3.05, 3.63) is 105 Å². The van der Waals surface area contributed by atoms with Gasteiger partial charge in [0.15, 0.2) is 0 Å². The first kappa shape index (κ1) is 23.1. The molecule has 8 heteroatoms. The molecular formula is C28H19Cl2NO5. The molecule has 0 aromatic heterocycles. The minimum absolute atomic E-state index is 0.0252. The molecule has 1 aliphatic carbocycles. The monoisotopic (exact) mass is 519 g/mol. The molecule has 0 bridgehead atoms. The molecule has 0 saturated carbocycles. The van der Waals surface area contributed by atoms with Crippen molar-refractivity contribution in [1.29, 1.82) is 0 Å². The summed E-state index contributed by atoms with van der Waals surface area (Å²) in [5.74, 6) is -4.72. The highest BCUT2D eigenvalue weighted by Crippen LogP contribution is 2.58. The van der Waals surface area contributed by atoms with Gasteiger partial charge in [-0.1, -0.05) is 83.4 Å². The van der Waals surface area contributed by atoms with Gasteiger partial charge >= 0.3 is 0 Å². The van der Waals surface area contributed by atoms with Gasteiger partial charge in [0.2, 0.25) is 29.0 Å². The van der Waals surface area contributed by atoms with E-state index >= 15 is 0 Å². The number of ether oxygens (including phenoxy) is 1. The van der Waals surface area contributed by atoms with Gasteiger partial charge in [-0.3, -0.25) is 24.1 Å². The molecule has 36 heavy (non-hydrogen) atoms. The van der Waals surface area contributed by atoms with Crippen LogP contribution in [0.5, 0.6) is 0 Å². The molecule has 1 spiro atoms. The van der Waals surface area contributed by atoms with E-state index in [4.69, 9.17) is 27.9 Å². The van der Waals surface area contributed by atoms with E-state index in [1.165, 1.54) is 18.2 Å². The summed E-state index contributed by atoms with van der Waals surface area (Å²) in [4.78, 5) is 56.3. The van der Waals surface area contributed by atoms with Crippen molar-refractivity contribution in [3.8, 4) is 0 Å². The molecule has 2 saturated heterocycles. The number of ketones is 2. The van der Waals surface area contributed by atoms with E-state index < -0.39 is 46.9 Å². The Kier molecular flexibility index (Phi) is 5.20. The van der Waals surface area contributed by atoms with Gasteiger partial charge in [-0.25, -0.2) is 0 Å². The van der Waals surface area contributed by atoms with Crippen LogP contribution in [0.15, 0.2) is 66.7 Å². The third-order valence-electron chi connectivity index (χ3n) is 7.34. The van der Waals surface area contributed by atoms with Gasteiger partial charge in [0, 0.05) is 26.7 Å². The van der Waals surface area contributed by atoms with Crippen LogP contribution in [0.4, 0.5) is 0 Å². The number of carbonyl (C=O) groups excluding carboxylic acids is 4. The number of hydrogen-bond acceptors (Lipinski definition) is 5. The molecule has 2 heterocycles. The Labute approximate surface area is 216 Å². The van der Waals surface area contributed by atoms with Gasteiger partial charge in [-0.05, 0) is 24.6 Å². The number of likely N-dealkylation sites (tertiary alicyclic amines) is 1. The second-order valence-corrected chi connectivity index (χ2v) is 10.2.